The number of imide groups is 1. The van der Waals surface area contributed by atoms with E-state index in [1.165, 1.54) is 24.3 Å². The molecule has 2 amide bonds. The summed E-state index contributed by atoms with van der Waals surface area (Å²) in [6, 6.07) is 15.3. The predicted octanol–water partition coefficient (Wildman–Crippen LogP) is 7.14. The van der Waals surface area contributed by atoms with Gasteiger partial charge in [-0.1, -0.05) is 55.2 Å². The summed E-state index contributed by atoms with van der Waals surface area (Å²) in [6.07, 6.45) is -4.72. The van der Waals surface area contributed by atoms with E-state index in [-0.39, 0.29) is 27.9 Å². The highest BCUT2D eigenvalue weighted by molar-refractivity contribution is 6.53. The lowest BCUT2D eigenvalue weighted by Gasteiger charge is -2.18. The molecule has 6 nitrogen and oxygen atoms in total. The molecule has 11 heteroatoms. The number of halogens is 5. The van der Waals surface area contributed by atoms with Crippen LogP contribution in [0, 0.1) is 0 Å². The number of para-hydroxylation sites is 1. The van der Waals surface area contributed by atoms with Crippen LogP contribution in [0.4, 0.5) is 24.5 Å². The quantitative estimate of drug-likeness (QED) is 0.196. The standard InChI is InChI=1S/C27H19Cl2F3N2O4/c1-14(2)18-5-3-4-6-21(18)38-26(37)15-7-10-17(11-8-15)33-23-22(29)24(35)34(25(23)36)20-13-16(27(30,31)32)9-12-19(20)28/h3-14,33H,1-2H3. The SMILES string of the molecule is CC(C)c1ccccc1OC(=O)c1ccc(NC2=C(Cl)C(=O)N(c3cc(C(F)(F)F)ccc3Cl)C2=O)cc1. The Bertz CT molecular complexity index is 1470. The van der Waals surface area contributed by atoms with Crippen molar-refractivity contribution >= 4 is 52.4 Å². The van der Waals surface area contributed by atoms with Gasteiger partial charge in [0, 0.05) is 5.69 Å². The van der Waals surface area contributed by atoms with Crippen LogP contribution in [-0.2, 0) is 15.8 Å². The van der Waals surface area contributed by atoms with Crippen LogP contribution in [0.5, 0.6) is 5.75 Å². The van der Waals surface area contributed by atoms with Crippen LogP contribution in [0.25, 0.3) is 0 Å². The molecule has 4 rings (SSSR count). The van der Waals surface area contributed by atoms with E-state index in [0.29, 0.717) is 16.7 Å². The summed E-state index contributed by atoms with van der Waals surface area (Å²) >= 11 is 12.1. The van der Waals surface area contributed by atoms with Crippen molar-refractivity contribution in [2.45, 2.75) is 25.9 Å². The third kappa shape index (κ3) is 5.39. The normalized spacial score (nSPS) is 13.9. The molecule has 0 atom stereocenters. The van der Waals surface area contributed by atoms with E-state index in [0.717, 1.165) is 17.7 Å². The van der Waals surface area contributed by atoms with E-state index in [9.17, 15) is 27.6 Å². The molecule has 0 spiro atoms. The summed E-state index contributed by atoms with van der Waals surface area (Å²) in [7, 11) is 0. The van der Waals surface area contributed by atoms with Gasteiger partial charge >= 0.3 is 12.1 Å². The van der Waals surface area contributed by atoms with Crippen molar-refractivity contribution in [3.8, 4) is 5.75 Å². The molecule has 196 valence electrons. The first-order valence-corrected chi connectivity index (χ1v) is 12.0. The number of benzene rings is 3. The van der Waals surface area contributed by atoms with Crippen LogP contribution in [0.15, 0.2) is 77.5 Å². The molecule has 0 radical (unpaired) electrons. The predicted molar refractivity (Wildman–Crippen MR) is 137 cm³/mol. The van der Waals surface area contributed by atoms with Crippen molar-refractivity contribution in [1.29, 1.82) is 0 Å². The van der Waals surface area contributed by atoms with E-state index >= 15 is 0 Å². The fourth-order valence-electron chi connectivity index (χ4n) is 3.73. The van der Waals surface area contributed by atoms with Crippen molar-refractivity contribution in [3.63, 3.8) is 0 Å². The number of carbonyl (C=O) groups is 3. The van der Waals surface area contributed by atoms with Crippen LogP contribution in [-0.4, -0.2) is 17.8 Å². The molecule has 0 fully saturated rings. The van der Waals surface area contributed by atoms with E-state index < -0.39 is 40.2 Å². The van der Waals surface area contributed by atoms with Gasteiger partial charge in [0.25, 0.3) is 11.8 Å². The van der Waals surface area contributed by atoms with Gasteiger partial charge in [0.05, 0.1) is 21.8 Å². The molecule has 0 unspecified atom stereocenters. The first-order chi connectivity index (χ1) is 17.9. The van der Waals surface area contributed by atoms with E-state index in [4.69, 9.17) is 27.9 Å². The van der Waals surface area contributed by atoms with Gasteiger partial charge in [0.1, 0.15) is 16.5 Å². The highest BCUT2D eigenvalue weighted by atomic mass is 35.5. The molecular formula is C27H19Cl2F3N2O4. The number of alkyl halides is 3. The second kappa shape index (κ2) is 10.5. The van der Waals surface area contributed by atoms with Crippen LogP contribution in [0.1, 0.15) is 41.3 Å². The topological polar surface area (TPSA) is 75.7 Å². The zero-order chi connectivity index (χ0) is 27.8. The lowest BCUT2D eigenvalue weighted by molar-refractivity contribution is -0.137. The molecule has 0 saturated carbocycles. The molecule has 0 bridgehead atoms. The Morgan fingerprint density at radius 3 is 2.24 bits per heavy atom. The van der Waals surface area contributed by atoms with Crippen LogP contribution in [0.3, 0.4) is 0 Å². The molecule has 3 aromatic rings. The number of amides is 2. The van der Waals surface area contributed by atoms with Crippen LogP contribution in [0.2, 0.25) is 5.02 Å². The summed E-state index contributed by atoms with van der Waals surface area (Å²) in [5.74, 6) is -2.05. The van der Waals surface area contributed by atoms with Gasteiger partial charge in [-0.3, -0.25) is 9.59 Å². The second-order valence-corrected chi connectivity index (χ2v) is 9.37. The molecule has 0 aliphatic carbocycles. The fourth-order valence-corrected chi connectivity index (χ4v) is 4.15. The Hall–Kier alpha value is -3.82. The number of esters is 1. The summed E-state index contributed by atoms with van der Waals surface area (Å²) in [5, 5.41) is 1.92. The maximum absolute atomic E-state index is 13.2. The van der Waals surface area contributed by atoms with Crippen molar-refractivity contribution < 1.29 is 32.3 Å². The Morgan fingerprint density at radius 2 is 1.61 bits per heavy atom. The minimum absolute atomic E-state index is 0.139. The average molecular weight is 563 g/mol. The van der Waals surface area contributed by atoms with Gasteiger partial charge < -0.3 is 10.1 Å². The minimum atomic E-state index is -4.72. The molecule has 0 aromatic heterocycles. The lowest BCUT2D eigenvalue weighted by atomic mass is 10.0. The van der Waals surface area contributed by atoms with E-state index in [1.54, 1.807) is 12.1 Å². The number of hydrogen-bond donors (Lipinski definition) is 1. The van der Waals surface area contributed by atoms with Crippen molar-refractivity contribution in [3.05, 3.63) is 99.2 Å². The number of anilines is 2. The number of ether oxygens (including phenoxy) is 1. The summed E-state index contributed by atoms with van der Waals surface area (Å²) in [6.45, 7) is 3.95. The largest absolute Gasteiger partial charge is 0.423 e. The number of nitrogens with zero attached hydrogens (tertiary/aromatic N) is 1. The lowest BCUT2D eigenvalue weighted by Crippen LogP contribution is -2.32. The van der Waals surface area contributed by atoms with Crippen molar-refractivity contribution in [2.75, 3.05) is 10.2 Å². The molecule has 1 aliphatic heterocycles. The Kier molecular flexibility index (Phi) is 7.53. The van der Waals surface area contributed by atoms with Gasteiger partial charge in [-0.15, -0.1) is 0 Å². The maximum atomic E-state index is 13.2. The zero-order valence-electron chi connectivity index (χ0n) is 19.9. The van der Waals surface area contributed by atoms with Crippen LogP contribution >= 0.6 is 23.2 Å². The summed E-state index contributed by atoms with van der Waals surface area (Å²) < 4.78 is 45.1. The van der Waals surface area contributed by atoms with Gasteiger partial charge in [-0.25, -0.2) is 9.69 Å². The summed E-state index contributed by atoms with van der Waals surface area (Å²) in [4.78, 5) is 38.8. The third-order valence-electron chi connectivity index (χ3n) is 5.68. The van der Waals surface area contributed by atoms with Crippen LogP contribution < -0.4 is 15.0 Å². The van der Waals surface area contributed by atoms with Crippen molar-refractivity contribution in [2.24, 2.45) is 0 Å². The average Bonchev–Trinajstić information content (AvgIpc) is 3.07. The Balaban J connectivity index is 1.52. The van der Waals surface area contributed by atoms with Gasteiger partial charge in [0.15, 0.2) is 0 Å². The molecule has 38 heavy (non-hydrogen) atoms. The first kappa shape index (κ1) is 27.2. The molecular weight excluding hydrogens is 544 g/mol. The monoisotopic (exact) mass is 562 g/mol. The van der Waals surface area contributed by atoms with E-state index in [2.05, 4.69) is 5.32 Å². The molecule has 1 N–H and O–H groups in total. The third-order valence-corrected chi connectivity index (χ3v) is 6.35. The minimum Gasteiger partial charge on any atom is -0.423 e. The molecule has 1 heterocycles. The first-order valence-electron chi connectivity index (χ1n) is 11.2. The summed E-state index contributed by atoms with van der Waals surface area (Å²) in [5.41, 5.74) is -0.516. The number of nitrogens with one attached hydrogen (secondary N) is 1. The highest BCUT2D eigenvalue weighted by Crippen LogP contribution is 2.39. The van der Waals surface area contributed by atoms with Gasteiger partial charge in [-0.05, 0) is 60.0 Å². The molecule has 3 aromatic carbocycles. The zero-order valence-corrected chi connectivity index (χ0v) is 21.4. The molecule has 0 saturated heterocycles. The number of carbonyl (C=O) groups excluding carboxylic acids is 3. The smallest absolute Gasteiger partial charge is 0.416 e. The van der Waals surface area contributed by atoms with Crippen molar-refractivity contribution in [1.82, 2.24) is 0 Å². The van der Waals surface area contributed by atoms with Gasteiger partial charge in [0.2, 0.25) is 0 Å². The highest BCUT2D eigenvalue weighted by Gasteiger charge is 2.41. The van der Waals surface area contributed by atoms with Gasteiger partial charge in [-0.2, -0.15) is 13.2 Å². The fraction of sp³-hybridized carbons (Fsp3) is 0.148. The number of hydrogen-bond acceptors (Lipinski definition) is 5. The Labute approximate surface area is 225 Å². The Morgan fingerprint density at radius 1 is 0.947 bits per heavy atom. The number of rotatable bonds is 6. The second-order valence-electron chi connectivity index (χ2n) is 8.58. The van der Waals surface area contributed by atoms with E-state index in [1.807, 2.05) is 26.0 Å². The molecule has 1 aliphatic rings. The maximum Gasteiger partial charge on any atom is 0.416 e.